The first kappa shape index (κ1) is 19.9. The van der Waals surface area contributed by atoms with E-state index in [9.17, 15) is 4.79 Å². The Kier molecular flexibility index (Phi) is 5.16. The number of carbonyl (C=O) groups is 1. The second kappa shape index (κ2) is 7.78. The highest BCUT2D eigenvalue weighted by Gasteiger charge is 2.26. The minimum absolute atomic E-state index is 0.0253. The van der Waals surface area contributed by atoms with Crippen molar-refractivity contribution in [2.45, 2.75) is 46.3 Å². The molecule has 6 heteroatoms. The number of hydrogen-bond donors (Lipinski definition) is 0. The molecular weight excluding hydrogens is 378 g/mol. The van der Waals surface area contributed by atoms with Gasteiger partial charge in [-0.25, -0.2) is 4.98 Å². The number of ketones is 1. The highest BCUT2D eigenvalue weighted by Crippen LogP contribution is 2.29. The summed E-state index contributed by atoms with van der Waals surface area (Å²) in [7, 11) is 0. The van der Waals surface area contributed by atoms with E-state index in [2.05, 4.69) is 10.1 Å². The zero-order valence-electron chi connectivity index (χ0n) is 17.7. The second-order valence-corrected chi connectivity index (χ2v) is 7.86. The molecule has 0 aliphatic heterocycles. The van der Waals surface area contributed by atoms with Crippen LogP contribution in [0.15, 0.2) is 59.1 Å². The lowest BCUT2D eigenvalue weighted by atomic mass is 10.1. The number of nitrogens with zero attached hydrogens (tertiary/aromatic N) is 3. The number of benzene rings is 2. The Morgan fingerprint density at radius 3 is 2.63 bits per heavy atom. The first-order chi connectivity index (χ1) is 14.3. The second-order valence-electron chi connectivity index (χ2n) is 7.86. The Bertz CT molecular complexity index is 1190. The molecule has 4 aromatic rings. The van der Waals surface area contributed by atoms with Crippen LogP contribution >= 0.6 is 0 Å². The standard InChI is InChI=1S/C24H25N3O3/c1-16-20(26-23(29-16)18-9-6-5-7-10-18)13-14-27-21-11-8-12-22(19(21)15-25-27)30-24(3,4)17(2)28/h5-12,15H,13-14H2,1-4H3. The summed E-state index contributed by atoms with van der Waals surface area (Å²) in [5.74, 6) is 2.08. The summed E-state index contributed by atoms with van der Waals surface area (Å²) >= 11 is 0. The van der Waals surface area contributed by atoms with Crippen LogP contribution in [0.5, 0.6) is 5.75 Å². The largest absolute Gasteiger partial charge is 0.479 e. The first-order valence-corrected chi connectivity index (χ1v) is 10.0. The van der Waals surface area contributed by atoms with Crippen molar-refractivity contribution in [1.29, 1.82) is 0 Å². The third kappa shape index (κ3) is 3.85. The summed E-state index contributed by atoms with van der Waals surface area (Å²) in [5.41, 5.74) is 1.95. The molecule has 0 N–H and O–H groups in total. The zero-order chi connectivity index (χ0) is 21.3. The van der Waals surface area contributed by atoms with Gasteiger partial charge in [-0.15, -0.1) is 0 Å². The summed E-state index contributed by atoms with van der Waals surface area (Å²) in [4.78, 5) is 16.5. The summed E-state index contributed by atoms with van der Waals surface area (Å²) < 4.78 is 13.8. The molecule has 0 saturated heterocycles. The number of aryl methyl sites for hydroxylation is 3. The molecule has 0 spiro atoms. The van der Waals surface area contributed by atoms with Gasteiger partial charge in [0.15, 0.2) is 11.4 Å². The van der Waals surface area contributed by atoms with Crippen molar-refractivity contribution in [3.63, 3.8) is 0 Å². The van der Waals surface area contributed by atoms with Gasteiger partial charge in [0.25, 0.3) is 0 Å². The minimum Gasteiger partial charge on any atom is -0.479 e. The highest BCUT2D eigenvalue weighted by molar-refractivity contribution is 5.88. The predicted molar refractivity (Wildman–Crippen MR) is 116 cm³/mol. The number of Topliss-reactive ketones (excluding diaryl/α,β-unsaturated/α-hetero) is 1. The van der Waals surface area contributed by atoms with Crippen LogP contribution < -0.4 is 4.74 Å². The smallest absolute Gasteiger partial charge is 0.226 e. The molecule has 0 saturated carbocycles. The summed E-state index contributed by atoms with van der Waals surface area (Å²) in [6.07, 6.45) is 2.48. The maximum absolute atomic E-state index is 11.8. The van der Waals surface area contributed by atoms with Crippen LogP contribution in [0.2, 0.25) is 0 Å². The van der Waals surface area contributed by atoms with Gasteiger partial charge < -0.3 is 9.15 Å². The molecule has 0 radical (unpaired) electrons. The normalized spacial score (nSPS) is 11.7. The minimum atomic E-state index is -0.887. The molecule has 154 valence electrons. The van der Waals surface area contributed by atoms with Crippen molar-refractivity contribution < 1.29 is 13.9 Å². The lowest BCUT2D eigenvalue weighted by Crippen LogP contribution is -2.36. The number of aromatic nitrogens is 3. The quantitative estimate of drug-likeness (QED) is 0.435. The van der Waals surface area contributed by atoms with Crippen LogP contribution in [0.1, 0.15) is 32.2 Å². The first-order valence-electron chi connectivity index (χ1n) is 10.0. The van der Waals surface area contributed by atoms with Crippen molar-refractivity contribution in [2.24, 2.45) is 0 Å². The molecule has 0 fully saturated rings. The van der Waals surface area contributed by atoms with Crippen molar-refractivity contribution in [1.82, 2.24) is 14.8 Å². The van der Waals surface area contributed by atoms with Gasteiger partial charge in [-0.2, -0.15) is 5.10 Å². The van der Waals surface area contributed by atoms with E-state index >= 15 is 0 Å². The van der Waals surface area contributed by atoms with Crippen LogP contribution in [0.3, 0.4) is 0 Å². The number of fused-ring (bicyclic) bond motifs is 1. The predicted octanol–water partition coefficient (Wildman–Crippen LogP) is 4.99. The van der Waals surface area contributed by atoms with Crippen LogP contribution in [0, 0.1) is 6.92 Å². The Hall–Kier alpha value is -3.41. The van der Waals surface area contributed by atoms with Gasteiger partial charge in [0.1, 0.15) is 11.5 Å². The van der Waals surface area contributed by atoms with Gasteiger partial charge in [0.2, 0.25) is 5.89 Å². The summed E-state index contributed by atoms with van der Waals surface area (Å²) in [6, 6.07) is 15.7. The Labute approximate surface area is 175 Å². The third-order valence-electron chi connectivity index (χ3n) is 5.33. The van der Waals surface area contributed by atoms with Crippen molar-refractivity contribution in [3.8, 4) is 17.2 Å². The molecule has 6 nitrogen and oxygen atoms in total. The van der Waals surface area contributed by atoms with Gasteiger partial charge in [0.05, 0.1) is 22.8 Å². The monoisotopic (exact) mass is 403 g/mol. The van der Waals surface area contributed by atoms with E-state index in [0.29, 0.717) is 24.6 Å². The van der Waals surface area contributed by atoms with Crippen molar-refractivity contribution in [2.75, 3.05) is 0 Å². The van der Waals surface area contributed by atoms with E-state index in [-0.39, 0.29) is 5.78 Å². The molecule has 0 aliphatic carbocycles. The number of carbonyl (C=O) groups excluding carboxylic acids is 1. The molecule has 0 atom stereocenters. The van der Waals surface area contributed by atoms with Crippen LogP contribution in [0.25, 0.3) is 22.4 Å². The van der Waals surface area contributed by atoms with Gasteiger partial charge in [0, 0.05) is 18.5 Å². The fraction of sp³-hybridized carbons (Fsp3) is 0.292. The Balaban J connectivity index is 1.55. The van der Waals surface area contributed by atoms with Gasteiger partial charge in [-0.1, -0.05) is 24.3 Å². The van der Waals surface area contributed by atoms with E-state index in [1.54, 1.807) is 20.0 Å². The average Bonchev–Trinajstić information content (AvgIpc) is 3.31. The topological polar surface area (TPSA) is 70.2 Å². The third-order valence-corrected chi connectivity index (χ3v) is 5.33. The Morgan fingerprint density at radius 1 is 1.13 bits per heavy atom. The number of rotatable bonds is 7. The fourth-order valence-corrected chi connectivity index (χ4v) is 3.27. The average molecular weight is 403 g/mol. The van der Waals surface area contributed by atoms with E-state index < -0.39 is 5.60 Å². The van der Waals surface area contributed by atoms with Gasteiger partial charge in [-0.3, -0.25) is 9.48 Å². The SMILES string of the molecule is CC(=O)C(C)(C)Oc1cccc2c1cnn2CCc1nc(-c2ccccc2)oc1C. The van der Waals surface area contributed by atoms with Crippen molar-refractivity contribution in [3.05, 3.63) is 66.2 Å². The lowest BCUT2D eigenvalue weighted by Gasteiger charge is -2.23. The number of oxazole rings is 1. The number of hydrogen-bond acceptors (Lipinski definition) is 5. The number of ether oxygens (including phenoxy) is 1. The lowest BCUT2D eigenvalue weighted by molar-refractivity contribution is -0.129. The van der Waals surface area contributed by atoms with Crippen LogP contribution in [-0.2, 0) is 17.8 Å². The van der Waals surface area contributed by atoms with Crippen LogP contribution in [0.4, 0.5) is 0 Å². The fourth-order valence-electron chi connectivity index (χ4n) is 3.27. The van der Waals surface area contributed by atoms with E-state index in [4.69, 9.17) is 9.15 Å². The maximum Gasteiger partial charge on any atom is 0.226 e. The van der Waals surface area contributed by atoms with Crippen molar-refractivity contribution >= 4 is 16.7 Å². The van der Waals surface area contributed by atoms with E-state index in [1.165, 1.54) is 6.92 Å². The maximum atomic E-state index is 11.8. The van der Waals surface area contributed by atoms with Crippen LogP contribution in [-0.4, -0.2) is 26.1 Å². The molecule has 0 unspecified atom stereocenters. The molecule has 0 amide bonds. The summed E-state index contributed by atoms with van der Waals surface area (Å²) in [6.45, 7) is 7.68. The molecule has 4 rings (SSSR count). The molecule has 2 aromatic carbocycles. The summed E-state index contributed by atoms with van der Waals surface area (Å²) in [5, 5.41) is 5.42. The Morgan fingerprint density at radius 2 is 1.90 bits per heavy atom. The molecule has 2 aromatic heterocycles. The molecular formula is C24H25N3O3. The molecule has 2 heterocycles. The highest BCUT2D eigenvalue weighted by atomic mass is 16.5. The zero-order valence-corrected chi connectivity index (χ0v) is 17.7. The van der Waals surface area contributed by atoms with E-state index in [0.717, 1.165) is 27.9 Å². The molecule has 0 bridgehead atoms. The van der Waals surface area contributed by atoms with E-state index in [1.807, 2.05) is 60.1 Å². The molecule has 0 aliphatic rings. The van der Waals surface area contributed by atoms with Gasteiger partial charge in [-0.05, 0) is 52.0 Å². The van der Waals surface area contributed by atoms with Gasteiger partial charge >= 0.3 is 0 Å². The molecule has 30 heavy (non-hydrogen) atoms.